The Hall–Kier alpha value is -0.823. The molecule has 2 aliphatic carbocycles. The van der Waals surface area contributed by atoms with Gasteiger partial charge in [0.2, 0.25) is 0 Å². The number of hydrogen-bond donors (Lipinski definition) is 0. The average Bonchev–Trinajstić information content (AvgIpc) is 2.82. The van der Waals surface area contributed by atoms with Crippen LogP contribution in [0.2, 0.25) is 6.04 Å². The van der Waals surface area contributed by atoms with Gasteiger partial charge in [-0.05, 0) is 56.1 Å². The molecule has 22 heavy (non-hydrogen) atoms. The van der Waals surface area contributed by atoms with E-state index in [-0.39, 0.29) is 0 Å². The zero-order valence-electron chi connectivity index (χ0n) is 16.1. The van der Waals surface area contributed by atoms with Crippen LogP contribution in [0.4, 0.5) is 0 Å². The van der Waals surface area contributed by atoms with Gasteiger partial charge in [0.25, 0.3) is 0 Å². The second-order valence-corrected chi connectivity index (χ2v) is 8.92. The van der Waals surface area contributed by atoms with Crippen molar-refractivity contribution < 1.29 is 0 Å². The molecule has 0 nitrogen and oxygen atoms in total. The van der Waals surface area contributed by atoms with Gasteiger partial charge in [-0.15, -0.1) is 0 Å². The van der Waals surface area contributed by atoms with Crippen LogP contribution < -0.4 is 0 Å². The highest BCUT2D eigenvalue weighted by atomic mass is 28.1. The van der Waals surface area contributed by atoms with Gasteiger partial charge in [0.05, 0.1) is 0 Å². The smallest absolute Gasteiger partial charge is 0.00784 e. The fourth-order valence-electron chi connectivity index (χ4n) is 4.49. The minimum absolute atomic E-state index is 0.360. The van der Waals surface area contributed by atoms with Gasteiger partial charge in [0.1, 0.15) is 0 Å². The highest BCUT2D eigenvalue weighted by Gasteiger charge is 2.40. The number of rotatable bonds is 4. The van der Waals surface area contributed by atoms with Crippen molar-refractivity contribution in [2.45, 2.75) is 61.4 Å². The second-order valence-electron chi connectivity index (χ2n) is 8.21. The zero-order chi connectivity index (χ0) is 16.8. The Balaban J connectivity index is 2.62. The molecule has 0 radical (unpaired) electrons. The zero-order valence-corrected chi connectivity index (χ0v) is 18.1. The lowest BCUT2D eigenvalue weighted by Gasteiger charge is -2.40. The van der Waals surface area contributed by atoms with E-state index in [0.29, 0.717) is 23.2 Å². The van der Waals surface area contributed by atoms with E-state index in [1.165, 1.54) is 27.4 Å². The minimum Gasteiger partial charge on any atom is -0.0744 e. The van der Waals surface area contributed by atoms with Crippen molar-refractivity contribution in [2.24, 2.45) is 23.2 Å². The topological polar surface area (TPSA) is 0 Å². The van der Waals surface area contributed by atoms with Crippen LogP contribution in [-0.2, 0) is 0 Å². The lowest BCUT2D eigenvalue weighted by atomic mass is 9.66. The SMILES string of the molecule is CC1=CC(C)C(C(C2=C(C)C(C)=CC2C)C(C)(C)C[SiH3])=C1C. The molecular weight excluding hydrogens is 280 g/mol. The first kappa shape index (κ1) is 17.5. The quantitative estimate of drug-likeness (QED) is 0.623. The van der Waals surface area contributed by atoms with E-state index in [1.54, 1.807) is 22.3 Å². The Morgan fingerprint density at radius 2 is 1.27 bits per heavy atom. The van der Waals surface area contributed by atoms with E-state index < -0.39 is 0 Å². The summed E-state index contributed by atoms with van der Waals surface area (Å²) in [5.41, 5.74) is 9.84. The predicted molar refractivity (Wildman–Crippen MR) is 103 cm³/mol. The molecule has 2 unspecified atom stereocenters. The summed E-state index contributed by atoms with van der Waals surface area (Å²) in [6, 6.07) is 1.35. The molecule has 0 saturated heterocycles. The van der Waals surface area contributed by atoms with Crippen molar-refractivity contribution in [3.05, 3.63) is 45.6 Å². The maximum Gasteiger partial charge on any atom is 0.00784 e. The average molecular weight is 315 g/mol. The van der Waals surface area contributed by atoms with Gasteiger partial charge in [-0.1, -0.05) is 68.2 Å². The first-order chi connectivity index (χ1) is 10.1. The Bertz CT molecular complexity index is 549. The third kappa shape index (κ3) is 2.73. The van der Waals surface area contributed by atoms with Crippen molar-refractivity contribution in [3.63, 3.8) is 0 Å². The summed E-state index contributed by atoms with van der Waals surface area (Å²) < 4.78 is 0. The molecule has 122 valence electrons. The largest absolute Gasteiger partial charge is 0.0744 e. The summed E-state index contributed by atoms with van der Waals surface area (Å²) in [4.78, 5) is 0. The number of hydrogen-bond acceptors (Lipinski definition) is 0. The van der Waals surface area contributed by atoms with Crippen molar-refractivity contribution >= 4 is 10.2 Å². The Kier molecular flexibility index (Phi) is 4.78. The number of allylic oxidation sites excluding steroid dienone is 8. The summed E-state index contributed by atoms with van der Waals surface area (Å²) in [7, 11) is 1.27. The normalized spacial score (nSPS) is 27.6. The fraction of sp³-hybridized carbons (Fsp3) is 0.619. The van der Waals surface area contributed by atoms with Crippen LogP contribution in [0.5, 0.6) is 0 Å². The molecule has 0 spiro atoms. The molecule has 0 saturated carbocycles. The van der Waals surface area contributed by atoms with Crippen LogP contribution in [0.1, 0.15) is 55.4 Å². The summed E-state index contributed by atoms with van der Waals surface area (Å²) >= 11 is 0. The second kappa shape index (κ2) is 6.00. The molecule has 1 heteroatoms. The fourth-order valence-corrected chi connectivity index (χ4v) is 4.90. The lowest BCUT2D eigenvalue weighted by molar-refractivity contribution is 0.294. The van der Waals surface area contributed by atoms with Crippen molar-refractivity contribution in [1.29, 1.82) is 0 Å². The summed E-state index contributed by atoms with van der Waals surface area (Å²) in [5, 5.41) is 0. The lowest BCUT2D eigenvalue weighted by Crippen LogP contribution is -2.31. The Morgan fingerprint density at radius 1 is 0.909 bits per heavy atom. The van der Waals surface area contributed by atoms with Crippen LogP contribution in [0.15, 0.2) is 45.6 Å². The molecule has 2 rings (SSSR count). The van der Waals surface area contributed by atoms with Gasteiger partial charge >= 0.3 is 0 Å². The van der Waals surface area contributed by atoms with E-state index in [4.69, 9.17) is 0 Å². The predicted octanol–water partition coefficient (Wildman–Crippen LogP) is 5.24. The van der Waals surface area contributed by atoms with Gasteiger partial charge in [0, 0.05) is 16.2 Å². The van der Waals surface area contributed by atoms with Gasteiger partial charge in [0.15, 0.2) is 0 Å². The van der Waals surface area contributed by atoms with Crippen LogP contribution in [0, 0.1) is 23.2 Å². The molecule has 2 atom stereocenters. The van der Waals surface area contributed by atoms with Gasteiger partial charge in [-0.2, -0.15) is 0 Å². The van der Waals surface area contributed by atoms with E-state index in [0.717, 1.165) is 0 Å². The maximum absolute atomic E-state index is 2.49. The van der Waals surface area contributed by atoms with E-state index >= 15 is 0 Å². The van der Waals surface area contributed by atoms with Gasteiger partial charge < -0.3 is 0 Å². The first-order valence-electron chi connectivity index (χ1n) is 8.90. The van der Waals surface area contributed by atoms with Gasteiger partial charge in [-0.3, -0.25) is 0 Å². The van der Waals surface area contributed by atoms with E-state index in [2.05, 4.69) is 67.5 Å². The monoisotopic (exact) mass is 314 g/mol. The molecule has 0 bridgehead atoms. The van der Waals surface area contributed by atoms with Crippen molar-refractivity contribution in [3.8, 4) is 0 Å². The van der Waals surface area contributed by atoms with Crippen molar-refractivity contribution in [2.75, 3.05) is 0 Å². The molecule has 0 N–H and O–H groups in total. The molecule has 0 fully saturated rings. The van der Waals surface area contributed by atoms with Crippen LogP contribution in [-0.4, -0.2) is 10.2 Å². The molecule has 2 aliphatic rings. The Morgan fingerprint density at radius 3 is 1.50 bits per heavy atom. The molecular formula is C21H34Si. The van der Waals surface area contributed by atoms with Crippen LogP contribution in [0.3, 0.4) is 0 Å². The highest BCUT2D eigenvalue weighted by molar-refractivity contribution is 6.09. The van der Waals surface area contributed by atoms with E-state index in [9.17, 15) is 0 Å². The minimum atomic E-state index is 0.360. The summed E-state index contributed by atoms with van der Waals surface area (Å²) in [6.45, 7) is 19.0. The maximum atomic E-state index is 2.49. The molecule has 0 heterocycles. The standard InChI is InChI=1S/C21H34Si/c1-12-9-14(3)18(16(12)5)20(21(7,8)11-22)19-15(4)10-13(2)17(19)6/h9-10,14-15,20H,11H2,1-8,22H3. The molecule has 0 amide bonds. The van der Waals surface area contributed by atoms with Gasteiger partial charge in [-0.25, -0.2) is 0 Å². The third-order valence-corrected chi connectivity index (χ3v) is 8.17. The molecule has 0 aromatic carbocycles. The Labute approximate surface area is 140 Å². The van der Waals surface area contributed by atoms with Crippen LogP contribution >= 0.6 is 0 Å². The molecule has 0 aromatic heterocycles. The van der Waals surface area contributed by atoms with E-state index in [1.807, 2.05) is 0 Å². The van der Waals surface area contributed by atoms with Crippen molar-refractivity contribution in [1.82, 2.24) is 0 Å². The summed E-state index contributed by atoms with van der Waals surface area (Å²) in [6.07, 6.45) is 4.94. The third-order valence-electron chi connectivity index (χ3n) is 6.34. The van der Waals surface area contributed by atoms with Crippen LogP contribution in [0.25, 0.3) is 0 Å². The summed E-state index contributed by atoms with van der Waals surface area (Å²) in [5.74, 6) is 1.77. The molecule has 0 aromatic rings. The molecule has 0 aliphatic heterocycles. The first-order valence-corrected chi connectivity index (χ1v) is 10.3. The highest BCUT2D eigenvalue weighted by Crippen LogP contribution is 2.52.